The fourth-order valence-corrected chi connectivity index (χ4v) is 8.73. The van der Waals surface area contributed by atoms with E-state index in [1.807, 2.05) is 12.3 Å². The van der Waals surface area contributed by atoms with Crippen molar-refractivity contribution >= 4 is 21.8 Å². The molecule has 5 aromatic carbocycles. The molecule has 6 heteroatoms. The smallest absolute Gasteiger partial charge is 0.267 e. The second-order valence-corrected chi connectivity index (χ2v) is 21.9. The van der Waals surface area contributed by atoms with E-state index >= 15 is 0 Å². The van der Waals surface area contributed by atoms with Crippen molar-refractivity contribution in [3.63, 3.8) is 0 Å². The summed E-state index contributed by atoms with van der Waals surface area (Å²) in [7, 11) is 0. The van der Waals surface area contributed by atoms with Crippen molar-refractivity contribution in [1.29, 1.82) is 0 Å². The monoisotopic (exact) mass is 1030 g/mol. The maximum absolute atomic E-state index is 6.92. The molecule has 0 radical (unpaired) electrons. The van der Waals surface area contributed by atoms with Crippen molar-refractivity contribution in [2.75, 3.05) is 0 Å². The standard InChI is InChI=1S/C58H64N4O.Pt/c1-38(2)28-39-26-27-59-52(29-39)62-50-23-19-18-22-48(50)49-25-24-46(36-51(49)62)63-47-31-41(40-20-16-15-17-21-40)30-44(35-47)60-37-61(54(58(12,13)14)53(60)57(9,10)11)45-33-42(55(3,4)5)32-43(34-45)56(6,7)8;/h15-27,29-34,38H,28H2,1-14H3;/q-2;. The normalized spacial score (nSPS) is 12.6. The Balaban J connectivity index is 0.00000612. The summed E-state index contributed by atoms with van der Waals surface area (Å²) in [6, 6.07) is 46.4. The summed E-state index contributed by atoms with van der Waals surface area (Å²) in [5.41, 5.74) is 11.7. The molecule has 8 rings (SSSR count). The Bertz CT molecular complexity index is 2930. The minimum absolute atomic E-state index is 0. The van der Waals surface area contributed by atoms with E-state index in [9.17, 15) is 0 Å². The molecule has 0 aliphatic heterocycles. The molecule has 64 heavy (non-hydrogen) atoms. The van der Waals surface area contributed by atoms with E-state index in [0.29, 0.717) is 17.4 Å². The molecule has 0 bridgehead atoms. The van der Waals surface area contributed by atoms with Crippen molar-refractivity contribution in [2.45, 2.75) is 125 Å². The second-order valence-electron chi connectivity index (χ2n) is 21.9. The van der Waals surface area contributed by atoms with Gasteiger partial charge in [-0.25, -0.2) is 4.98 Å². The SMILES string of the molecule is CC(C)Cc1ccnc(-n2c3[c-]c(Oc4[c-]c(-n5[c-][n+](-c6cc(C(C)(C)C)cc(C(C)(C)C)c6)c(C(C)(C)C)c5C(C)(C)C)cc(-c5ccccc5)c4)ccc3c3ccccc32)c1.[Pt]. The Morgan fingerprint density at radius 2 is 1.28 bits per heavy atom. The molecular formula is C58H64N4OPt-2. The predicted octanol–water partition coefficient (Wildman–Crippen LogP) is 14.5. The van der Waals surface area contributed by atoms with Gasteiger partial charge in [0.25, 0.3) is 6.33 Å². The average molecular weight is 1030 g/mol. The molecule has 3 heterocycles. The van der Waals surface area contributed by atoms with Crippen LogP contribution in [0.25, 0.3) is 50.1 Å². The number of hydrogen-bond acceptors (Lipinski definition) is 2. The Kier molecular flexibility index (Phi) is 12.6. The summed E-state index contributed by atoms with van der Waals surface area (Å²) in [6.07, 6.45) is 6.83. The van der Waals surface area contributed by atoms with Gasteiger partial charge in [-0.05, 0) is 97.7 Å². The van der Waals surface area contributed by atoms with Gasteiger partial charge >= 0.3 is 0 Å². The van der Waals surface area contributed by atoms with Gasteiger partial charge in [0.05, 0.1) is 17.1 Å². The van der Waals surface area contributed by atoms with Crippen LogP contribution < -0.4 is 9.30 Å². The quantitative estimate of drug-likeness (QED) is 0.112. The number of ether oxygens (including phenoxy) is 1. The molecule has 334 valence electrons. The zero-order valence-corrected chi connectivity index (χ0v) is 42.5. The van der Waals surface area contributed by atoms with Gasteiger partial charge in [-0.15, -0.1) is 35.2 Å². The van der Waals surface area contributed by atoms with Crippen LogP contribution in [0.1, 0.15) is 125 Å². The third-order valence-corrected chi connectivity index (χ3v) is 11.8. The summed E-state index contributed by atoms with van der Waals surface area (Å²) >= 11 is 0. The molecule has 0 unspecified atom stereocenters. The number of hydrogen-bond donors (Lipinski definition) is 0. The maximum Gasteiger partial charge on any atom is 0.267 e. The molecule has 0 N–H and O–H groups in total. The van der Waals surface area contributed by atoms with Gasteiger partial charge < -0.3 is 13.9 Å². The van der Waals surface area contributed by atoms with Crippen LogP contribution in [-0.2, 0) is 49.1 Å². The van der Waals surface area contributed by atoms with Crippen LogP contribution in [0.2, 0.25) is 0 Å². The molecule has 0 saturated carbocycles. The zero-order valence-electron chi connectivity index (χ0n) is 40.3. The first-order valence-corrected chi connectivity index (χ1v) is 22.6. The van der Waals surface area contributed by atoms with Gasteiger partial charge in [0.15, 0.2) is 0 Å². The number of fused-ring (bicyclic) bond motifs is 3. The Morgan fingerprint density at radius 1 is 0.625 bits per heavy atom. The van der Waals surface area contributed by atoms with Crippen LogP contribution in [0.15, 0.2) is 115 Å². The molecule has 0 aliphatic carbocycles. The number of benzene rings is 5. The first-order valence-electron chi connectivity index (χ1n) is 22.6. The summed E-state index contributed by atoms with van der Waals surface area (Å²) in [5, 5.41) is 2.24. The zero-order chi connectivity index (χ0) is 45.2. The molecule has 0 aliphatic rings. The van der Waals surface area contributed by atoms with Crippen LogP contribution in [0.3, 0.4) is 0 Å². The van der Waals surface area contributed by atoms with Crippen LogP contribution in [0, 0.1) is 24.4 Å². The molecule has 0 amide bonds. The Morgan fingerprint density at radius 3 is 1.91 bits per heavy atom. The first kappa shape index (κ1) is 46.7. The molecule has 0 saturated heterocycles. The maximum atomic E-state index is 6.92. The minimum Gasteiger partial charge on any atom is -0.510 e. The summed E-state index contributed by atoms with van der Waals surface area (Å²) < 4.78 is 13.7. The number of imidazole rings is 1. The molecule has 0 spiro atoms. The summed E-state index contributed by atoms with van der Waals surface area (Å²) in [6.45, 7) is 32.1. The number of nitrogens with zero attached hydrogens (tertiary/aromatic N) is 4. The van der Waals surface area contributed by atoms with Crippen molar-refractivity contribution in [1.82, 2.24) is 14.1 Å². The van der Waals surface area contributed by atoms with Gasteiger partial charge in [-0.1, -0.05) is 157 Å². The van der Waals surface area contributed by atoms with Gasteiger partial charge in [-0.3, -0.25) is 4.57 Å². The molecule has 0 fully saturated rings. The van der Waals surface area contributed by atoms with E-state index in [1.165, 1.54) is 28.1 Å². The molecule has 0 atom stereocenters. The largest absolute Gasteiger partial charge is 0.510 e. The van der Waals surface area contributed by atoms with Crippen LogP contribution in [0.5, 0.6) is 11.5 Å². The number of para-hydroxylation sites is 1. The average Bonchev–Trinajstić information content (AvgIpc) is 3.78. The van der Waals surface area contributed by atoms with Gasteiger partial charge in [0, 0.05) is 44.3 Å². The third-order valence-electron chi connectivity index (χ3n) is 11.8. The Labute approximate surface area is 396 Å². The predicted molar refractivity (Wildman–Crippen MR) is 261 cm³/mol. The van der Waals surface area contributed by atoms with E-state index in [2.05, 4.69) is 232 Å². The molecule has 5 nitrogen and oxygen atoms in total. The van der Waals surface area contributed by atoms with Gasteiger partial charge in [0.2, 0.25) is 0 Å². The third kappa shape index (κ3) is 9.43. The van der Waals surface area contributed by atoms with E-state index < -0.39 is 0 Å². The van der Waals surface area contributed by atoms with E-state index in [1.54, 1.807) is 0 Å². The fourth-order valence-electron chi connectivity index (χ4n) is 8.73. The number of aromatic nitrogens is 4. The minimum atomic E-state index is -0.261. The van der Waals surface area contributed by atoms with E-state index in [0.717, 1.165) is 56.5 Å². The second kappa shape index (κ2) is 17.3. The summed E-state index contributed by atoms with van der Waals surface area (Å²) in [4.78, 5) is 4.89. The Hall–Kier alpha value is -5.25. The number of pyridine rings is 1. The van der Waals surface area contributed by atoms with Crippen LogP contribution in [0.4, 0.5) is 0 Å². The van der Waals surface area contributed by atoms with Crippen LogP contribution >= 0.6 is 0 Å². The topological polar surface area (TPSA) is 35.9 Å². The summed E-state index contributed by atoms with van der Waals surface area (Å²) in [5.74, 6) is 2.60. The number of rotatable bonds is 8. The van der Waals surface area contributed by atoms with E-state index in [4.69, 9.17) is 9.72 Å². The van der Waals surface area contributed by atoms with Crippen molar-refractivity contribution in [2.24, 2.45) is 5.92 Å². The van der Waals surface area contributed by atoms with Crippen LogP contribution in [-0.4, -0.2) is 14.1 Å². The van der Waals surface area contributed by atoms with E-state index in [-0.39, 0.29) is 42.7 Å². The molecule has 8 aromatic rings. The van der Waals surface area contributed by atoms with Gasteiger partial charge in [0.1, 0.15) is 5.82 Å². The molecule has 3 aromatic heterocycles. The van der Waals surface area contributed by atoms with Gasteiger partial charge in [-0.2, -0.15) is 12.1 Å². The first-order chi connectivity index (χ1) is 29.6. The van der Waals surface area contributed by atoms with Crippen molar-refractivity contribution in [3.8, 4) is 39.8 Å². The van der Waals surface area contributed by atoms with Crippen molar-refractivity contribution < 1.29 is 30.4 Å². The fraction of sp³-hybridized carbons (Fsp3) is 0.345. The molecular weight excluding hydrogens is 964 g/mol. The van der Waals surface area contributed by atoms with Crippen molar-refractivity contribution in [3.05, 3.63) is 162 Å².